The first-order chi connectivity index (χ1) is 15.3. The molecule has 170 valence electrons. The van der Waals surface area contributed by atoms with E-state index >= 15 is 0 Å². The van der Waals surface area contributed by atoms with Crippen LogP contribution in [0.4, 0.5) is 0 Å². The van der Waals surface area contributed by atoms with Crippen LogP contribution in [0.25, 0.3) is 16.9 Å². The number of hydrogen-bond acceptors (Lipinski definition) is 9. The van der Waals surface area contributed by atoms with Crippen molar-refractivity contribution in [2.75, 3.05) is 13.2 Å². The second-order valence-electron chi connectivity index (χ2n) is 8.06. The van der Waals surface area contributed by atoms with E-state index in [0.29, 0.717) is 11.3 Å². The van der Waals surface area contributed by atoms with Crippen LogP contribution >= 0.6 is 0 Å². The average Bonchev–Trinajstić information content (AvgIpc) is 3.28. The predicted molar refractivity (Wildman–Crippen MR) is 113 cm³/mol. The third-order valence-corrected chi connectivity index (χ3v) is 5.88. The van der Waals surface area contributed by atoms with Crippen molar-refractivity contribution < 1.29 is 30.3 Å². The first-order valence-electron chi connectivity index (χ1n) is 10.3. The highest BCUT2D eigenvalue weighted by molar-refractivity contribution is 5.56. The smallest absolute Gasteiger partial charge is 0.119 e. The average molecular weight is 442 g/mol. The number of aromatic nitrogens is 4. The minimum absolute atomic E-state index is 0.152. The summed E-state index contributed by atoms with van der Waals surface area (Å²) in [7, 11) is 0. The summed E-state index contributed by atoms with van der Waals surface area (Å²) in [5.74, 6) is 0. The maximum Gasteiger partial charge on any atom is 0.119 e. The largest absolute Gasteiger partial charge is 0.396 e. The molecule has 1 aromatic carbocycles. The van der Waals surface area contributed by atoms with E-state index < -0.39 is 30.0 Å². The van der Waals surface area contributed by atoms with Gasteiger partial charge in [-0.1, -0.05) is 11.3 Å². The molecule has 5 atom stereocenters. The van der Waals surface area contributed by atoms with Crippen molar-refractivity contribution in [3.63, 3.8) is 0 Å². The number of nitrogens with zero attached hydrogens (tertiary/aromatic N) is 4. The fourth-order valence-corrected chi connectivity index (χ4v) is 3.96. The van der Waals surface area contributed by atoms with E-state index in [1.54, 1.807) is 42.3 Å². The molecule has 0 amide bonds. The molecule has 0 aliphatic carbocycles. The molecular weight excluding hydrogens is 416 g/mol. The summed E-state index contributed by atoms with van der Waals surface area (Å²) < 4.78 is 7.12. The molecule has 0 radical (unpaired) electrons. The summed E-state index contributed by atoms with van der Waals surface area (Å²) in [6, 6.07) is 8.96. The van der Waals surface area contributed by atoms with E-state index in [-0.39, 0.29) is 19.6 Å². The maximum absolute atomic E-state index is 10.9. The van der Waals surface area contributed by atoms with Crippen molar-refractivity contribution in [3.8, 4) is 16.9 Å². The molecule has 10 nitrogen and oxygen atoms in total. The third kappa shape index (κ3) is 4.16. The fraction of sp³-hybridized carbons (Fsp3) is 0.409. The van der Waals surface area contributed by atoms with Gasteiger partial charge in [0, 0.05) is 31.0 Å². The highest BCUT2D eigenvalue weighted by Gasteiger charge is 2.50. The highest BCUT2D eigenvalue weighted by atomic mass is 16.5. The lowest BCUT2D eigenvalue weighted by molar-refractivity contribution is -0.255. The van der Waals surface area contributed by atoms with Gasteiger partial charge in [0.15, 0.2) is 0 Å². The Balaban J connectivity index is 1.53. The minimum atomic E-state index is -1.78. The Morgan fingerprint density at radius 3 is 2.78 bits per heavy atom. The standard InChI is InChI=1S/C22H26N4O6/c1-13-9-15(26-11-17(24-25-26)14-3-2-7-23-10-14)4-5-16(13)18(28)20-19(29)21(30)22(31,6-8-27)12-32-20/h2-5,7,9-11,18-21,27-31H,6,8,12H2,1H3/t18-,19?,20-,21?,22+/m1/s1. The lowest BCUT2D eigenvalue weighted by Gasteiger charge is -2.44. The van der Waals surface area contributed by atoms with Gasteiger partial charge < -0.3 is 30.3 Å². The number of benzene rings is 1. The molecule has 0 saturated carbocycles. The van der Waals surface area contributed by atoms with Crippen molar-refractivity contribution in [1.82, 2.24) is 20.0 Å². The van der Waals surface area contributed by atoms with Crippen LogP contribution in [-0.4, -0.2) is 82.6 Å². The molecule has 4 rings (SSSR count). The van der Waals surface area contributed by atoms with E-state index in [4.69, 9.17) is 9.84 Å². The lowest BCUT2D eigenvalue weighted by Crippen LogP contribution is -2.62. The van der Waals surface area contributed by atoms with Crippen LogP contribution in [-0.2, 0) is 4.74 Å². The molecule has 1 fully saturated rings. The summed E-state index contributed by atoms with van der Waals surface area (Å²) in [6.07, 6.45) is -0.485. The molecule has 5 N–H and O–H groups in total. The Kier molecular flexibility index (Phi) is 6.33. The number of hydrogen-bond donors (Lipinski definition) is 5. The Labute approximate surface area is 184 Å². The van der Waals surface area contributed by atoms with Gasteiger partial charge >= 0.3 is 0 Å². The summed E-state index contributed by atoms with van der Waals surface area (Å²) in [4.78, 5) is 4.08. The summed E-state index contributed by atoms with van der Waals surface area (Å²) in [5, 5.41) is 59.5. The molecule has 0 bridgehead atoms. The van der Waals surface area contributed by atoms with E-state index in [0.717, 1.165) is 16.8 Å². The molecule has 3 aromatic rings. The Bertz CT molecular complexity index is 1060. The molecule has 1 aliphatic rings. The van der Waals surface area contributed by atoms with E-state index in [9.17, 15) is 20.4 Å². The zero-order chi connectivity index (χ0) is 22.9. The number of aliphatic hydroxyl groups is 5. The Morgan fingerprint density at radius 2 is 2.09 bits per heavy atom. The van der Waals surface area contributed by atoms with E-state index in [1.165, 1.54) is 0 Å². The molecule has 3 heterocycles. The van der Waals surface area contributed by atoms with Gasteiger partial charge in [0.1, 0.15) is 35.7 Å². The van der Waals surface area contributed by atoms with Crippen molar-refractivity contribution in [1.29, 1.82) is 0 Å². The van der Waals surface area contributed by atoms with Crippen LogP contribution in [0.15, 0.2) is 48.9 Å². The molecule has 10 heteroatoms. The summed E-state index contributed by atoms with van der Waals surface area (Å²) >= 11 is 0. The maximum atomic E-state index is 10.9. The summed E-state index contributed by atoms with van der Waals surface area (Å²) in [5.41, 5.74) is 1.68. The number of ether oxygens (including phenoxy) is 1. The summed E-state index contributed by atoms with van der Waals surface area (Å²) in [6.45, 7) is 1.11. The molecule has 0 spiro atoms. The van der Waals surface area contributed by atoms with Crippen LogP contribution in [0.1, 0.15) is 23.7 Å². The molecule has 1 aliphatic heterocycles. The van der Waals surface area contributed by atoms with Gasteiger partial charge in [-0.3, -0.25) is 4.98 Å². The second kappa shape index (κ2) is 9.02. The van der Waals surface area contributed by atoms with Crippen LogP contribution in [0.2, 0.25) is 0 Å². The van der Waals surface area contributed by atoms with Gasteiger partial charge in [-0.2, -0.15) is 0 Å². The highest BCUT2D eigenvalue weighted by Crippen LogP contribution is 2.34. The van der Waals surface area contributed by atoms with Gasteiger partial charge in [0.2, 0.25) is 0 Å². The zero-order valence-electron chi connectivity index (χ0n) is 17.5. The van der Waals surface area contributed by atoms with Crippen LogP contribution in [0, 0.1) is 6.92 Å². The van der Waals surface area contributed by atoms with Gasteiger partial charge in [0.25, 0.3) is 0 Å². The molecular formula is C22H26N4O6. The molecule has 32 heavy (non-hydrogen) atoms. The fourth-order valence-electron chi connectivity index (χ4n) is 3.96. The van der Waals surface area contributed by atoms with Gasteiger partial charge in [-0.05, 0) is 42.3 Å². The predicted octanol–water partition coefficient (Wildman–Crippen LogP) is -0.0948. The first kappa shape index (κ1) is 22.5. The number of pyridine rings is 1. The normalized spacial score (nSPS) is 26.8. The van der Waals surface area contributed by atoms with Crippen molar-refractivity contribution in [2.45, 2.75) is 43.4 Å². The number of rotatable bonds is 6. The van der Waals surface area contributed by atoms with E-state index in [2.05, 4.69) is 15.3 Å². The minimum Gasteiger partial charge on any atom is -0.396 e. The van der Waals surface area contributed by atoms with Crippen LogP contribution < -0.4 is 0 Å². The molecule has 1 saturated heterocycles. The van der Waals surface area contributed by atoms with E-state index in [1.807, 2.05) is 18.2 Å². The zero-order valence-corrected chi connectivity index (χ0v) is 17.5. The van der Waals surface area contributed by atoms with Gasteiger partial charge in [-0.15, -0.1) is 5.10 Å². The molecule has 2 unspecified atom stereocenters. The topological polar surface area (TPSA) is 154 Å². The van der Waals surface area contributed by atoms with Gasteiger partial charge in [-0.25, -0.2) is 4.68 Å². The number of aryl methyl sites for hydroxylation is 1. The monoisotopic (exact) mass is 442 g/mol. The quantitative estimate of drug-likeness (QED) is 0.352. The number of aliphatic hydroxyl groups excluding tert-OH is 4. The van der Waals surface area contributed by atoms with Crippen molar-refractivity contribution in [3.05, 3.63) is 60.0 Å². The van der Waals surface area contributed by atoms with Gasteiger partial charge in [0.05, 0.1) is 18.5 Å². The second-order valence-corrected chi connectivity index (χ2v) is 8.06. The van der Waals surface area contributed by atoms with Crippen molar-refractivity contribution in [2.24, 2.45) is 0 Å². The van der Waals surface area contributed by atoms with Crippen molar-refractivity contribution >= 4 is 0 Å². The third-order valence-electron chi connectivity index (χ3n) is 5.88. The SMILES string of the molecule is Cc1cc(-n2cc(-c3cccnc3)nn2)ccc1[C@@H](O)[C@H]1OC[C@@](O)(CCO)C(O)C1O. The Morgan fingerprint density at radius 1 is 1.28 bits per heavy atom. The van der Waals surface area contributed by atoms with Crippen LogP contribution in [0.3, 0.4) is 0 Å². The Hall–Kier alpha value is -2.73. The molecule has 2 aromatic heterocycles. The van der Waals surface area contributed by atoms with Crippen LogP contribution in [0.5, 0.6) is 0 Å². The lowest BCUT2D eigenvalue weighted by atomic mass is 9.82. The first-order valence-corrected chi connectivity index (χ1v) is 10.3.